The smallest absolute Gasteiger partial charge is 0.339 e. The fraction of sp³-hybridized carbons (Fsp3) is 0.385. The first-order chi connectivity index (χ1) is 9.18. The van der Waals surface area contributed by atoms with Gasteiger partial charge >= 0.3 is 5.97 Å². The zero-order chi connectivity index (χ0) is 13.4. The molecule has 0 bridgehead atoms. The van der Waals surface area contributed by atoms with Crippen LogP contribution in [0.1, 0.15) is 5.56 Å². The Hall–Kier alpha value is -1.53. The van der Waals surface area contributed by atoms with Crippen LogP contribution in [-0.4, -0.2) is 40.0 Å². The molecule has 100 valence electrons. The normalized spacial score (nSPS) is 28.8. The van der Waals surface area contributed by atoms with Crippen LogP contribution in [0.5, 0.6) is 0 Å². The van der Waals surface area contributed by atoms with Gasteiger partial charge in [-0.25, -0.2) is 4.79 Å². The molecule has 2 aliphatic heterocycles. The summed E-state index contributed by atoms with van der Waals surface area (Å²) in [6.45, 7) is 0.232. The van der Waals surface area contributed by atoms with E-state index >= 15 is 0 Å². The summed E-state index contributed by atoms with van der Waals surface area (Å²) in [6, 6.07) is 9.02. The SMILES string of the molecule is NC1C(=O)N2C(C(=O)OCc3ccccc3)SCC12. The molecule has 2 N–H and O–H groups in total. The quantitative estimate of drug-likeness (QED) is 0.637. The number of carbonyl (C=O) groups is 2. The largest absolute Gasteiger partial charge is 0.459 e. The molecule has 2 saturated heterocycles. The van der Waals surface area contributed by atoms with Crippen molar-refractivity contribution in [2.45, 2.75) is 24.1 Å². The third kappa shape index (κ3) is 2.11. The van der Waals surface area contributed by atoms with Crippen molar-refractivity contribution in [2.75, 3.05) is 5.75 Å². The molecule has 0 aromatic heterocycles. The van der Waals surface area contributed by atoms with Crippen LogP contribution in [0.15, 0.2) is 30.3 Å². The first-order valence-electron chi connectivity index (χ1n) is 6.08. The Balaban J connectivity index is 1.58. The molecular formula is C13H14N2O3S. The van der Waals surface area contributed by atoms with Gasteiger partial charge in [0.25, 0.3) is 0 Å². The van der Waals surface area contributed by atoms with Crippen LogP contribution >= 0.6 is 11.8 Å². The van der Waals surface area contributed by atoms with E-state index in [0.717, 1.165) is 5.56 Å². The molecule has 2 aliphatic rings. The lowest BCUT2D eigenvalue weighted by atomic mass is 9.98. The molecule has 2 heterocycles. The van der Waals surface area contributed by atoms with E-state index in [1.807, 2.05) is 30.3 Å². The molecule has 1 amide bonds. The molecule has 1 aromatic carbocycles. The maximum Gasteiger partial charge on any atom is 0.339 e. The minimum absolute atomic E-state index is 0.00762. The minimum atomic E-state index is -0.527. The molecule has 3 unspecified atom stereocenters. The fourth-order valence-corrected chi connectivity index (χ4v) is 3.69. The molecule has 19 heavy (non-hydrogen) atoms. The molecule has 0 aliphatic carbocycles. The van der Waals surface area contributed by atoms with Crippen molar-refractivity contribution < 1.29 is 14.3 Å². The number of thioether (sulfide) groups is 1. The highest BCUT2D eigenvalue weighted by Gasteiger charge is 2.55. The predicted molar refractivity (Wildman–Crippen MR) is 71.1 cm³/mol. The molecule has 0 saturated carbocycles. The summed E-state index contributed by atoms with van der Waals surface area (Å²) >= 11 is 1.42. The van der Waals surface area contributed by atoms with E-state index in [1.54, 1.807) is 4.90 Å². The zero-order valence-corrected chi connectivity index (χ0v) is 11.0. The molecular weight excluding hydrogens is 264 g/mol. The van der Waals surface area contributed by atoms with E-state index in [9.17, 15) is 9.59 Å². The summed E-state index contributed by atoms with van der Waals surface area (Å²) in [6.07, 6.45) is 0. The Morgan fingerprint density at radius 3 is 2.89 bits per heavy atom. The Morgan fingerprint density at radius 2 is 2.16 bits per heavy atom. The van der Waals surface area contributed by atoms with E-state index in [-0.39, 0.29) is 24.5 Å². The maximum absolute atomic E-state index is 12.0. The number of nitrogens with two attached hydrogens (primary N) is 1. The van der Waals surface area contributed by atoms with Crippen molar-refractivity contribution in [2.24, 2.45) is 5.73 Å². The number of β-lactam (4-membered cyclic amide) rings is 1. The summed E-state index contributed by atoms with van der Waals surface area (Å²) in [7, 11) is 0. The Labute approximate surface area is 115 Å². The van der Waals surface area contributed by atoms with Crippen molar-refractivity contribution >= 4 is 23.6 Å². The summed E-state index contributed by atoms with van der Waals surface area (Å²) in [5.41, 5.74) is 6.61. The molecule has 3 atom stereocenters. The monoisotopic (exact) mass is 278 g/mol. The molecule has 5 nitrogen and oxygen atoms in total. The number of hydrogen-bond acceptors (Lipinski definition) is 5. The summed E-state index contributed by atoms with van der Waals surface area (Å²) in [4.78, 5) is 25.1. The van der Waals surface area contributed by atoms with Gasteiger partial charge in [0, 0.05) is 5.75 Å². The highest BCUT2D eigenvalue weighted by atomic mass is 32.2. The Kier molecular flexibility index (Phi) is 3.20. The van der Waals surface area contributed by atoms with Crippen LogP contribution in [-0.2, 0) is 20.9 Å². The topological polar surface area (TPSA) is 72.6 Å². The average Bonchev–Trinajstić information content (AvgIpc) is 2.86. The van der Waals surface area contributed by atoms with E-state index in [2.05, 4.69) is 0 Å². The van der Waals surface area contributed by atoms with Gasteiger partial charge in [0.1, 0.15) is 12.6 Å². The highest BCUT2D eigenvalue weighted by molar-refractivity contribution is 8.00. The average molecular weight is 278 g/mol. The standard InChI is InChI=1S/C13H14N2O3S/c14-10-9-7-19-12(15(9)11(10)16)13(17)18-6-8-4-2-1-3-5-8/h1-5,9-10,12H,6-7,14H2. The maximum atomic E-state index is 12.0. The van der Waals surface area contributed by atoms with Crippen molar-refractivity contribution in [1.29, 1.82) is 0 Å². The van der Waals surface area contributed by atoms with E-state index in [1.165, 1.54) is 11.8 Å². The predicted octanol–water partition coefficient (Wildman–Crippen LogP) is 0.341. The second-order valence-electron chi connectivity index (χ2n) is 4.62. The minimum Gasteiger partial charge on any atom is -0.459 e. The zero-order valence-electron chi connectivity index (χ0n) is 10.2. The number of carbonyl (C=O) groups excluding carboxylic acids is 2. The Bertz CT molecular complexity index is 508. The van der Waals surface area contributed by atoms with E-state index in [4.69, 9.17) is 10.5 Å². The lowest BCUT2D eigenvalue weighted by Gasteiger charge is -2.41. The van der Waals surface area contributed by atoms with Gasteiger partial charge in [0.05, 0.1) is 6.04 Å². The number of benzene rings is 1. The highest BCUT2D eigenvalue weighted by Crippen LogP contribution is 2.37. The number of ether oxygens (including phenoxy) is 1. The van der Waals surface area contributed by atoms with Crippen LogP contribution in [0.4, 0.5) is 0 Å². The molecule has 1 aromatic rings. The second-order valence-corrected chi connectivity index (χ2v) is 5.73. The van der Waals surface area contributed by atoms with Crippen molar-refractivity contribution in [3.63, 3.8) is 0 Å². The van der Waals surface area contributed by atoms with Gasteiger partial charge in [0.15, 0.2) is 5.37 Å². The fourth-order valence-electron chi connectivity index (χ4n) is 2.32. The molecule has 3 rings (SSSR count). The molecule has 0 spiro atoms. The summed E-state index contributed by atoms with van der Waals surface area (Å²) in [5, 5.41) is -0.527. The van der Waals surface area contributed by atoms with Gasteiger partial charge in [-0.05, 0) is 5.56 Å². The Morgan fingerprint density at radius 1 is 1.42 bits per heavy atom. The van der Waals surface area contributed by atoms with Crippen molar-refractivity contribution in [3.8, 4) is 0 Å². The van der Waals surface area contributed by atoms with E-state index < -0.39 is 11.4 Å². The van der Waals surface area contributed by atoms with Gasteiger partial charge in [-0.1, -0.05) is 30.3 Å². The lowest BCUT2D eigenvalue weighted by Crippen LogP contribution is -2.69. The van der Waals surface area contributed by atoms with E-state index in [0.29, 0.717) is 5.75 Å². The summed E-state index contributed by atoms with van der Waals surface area (Å²) in [5.74, 6) is 0.186. The van der Waals surface area contributed by atoms with Gasteiger partial charge in [-0.15, -0.1) is 11.8 Å². The van der Waals surface area contributed by atoms with Crippen LogP contribution in [0.2, 0.25) is 0 Å². The first-order valence-corrected chi connectivity index (χ1v) is 7.13. The molecule has 6 heteroatoms. The van der Waals surface area contributed by atoms with Gasteiger partial charge in [0.2, 0.25) is 5.91 Å². The number of nitrogens with zero attached hydrogens (tertiary/aromatic N) is 1. The second kappa shape index (κ2) is 4.86. The third-order valence-corrected chi connectivity index (χ3v) is 4.68. The number of esters is 1. The van der Waals surface area contributed by atoms with Crippen molar-refractivity contribution in [1.82, 2.24) is 4.90 Å². The number of rotatable bonds is 3. The summed E-state index contributed by atoms with van der Waals surface area (Å²) < 4.78 is 5.25. The lowest BCUT2D eigenvalue weighted by molar-refractivity contribution is -0.160. The van der Waals surface area contributed by atoms with Gasteiger partial charge in [-0.2, -0.15) is 0 Å². The molecule has 0 radical (unpaired) electrons. The van der Waals surface area contributed by atoms with Crippen LogP contribution < -0.4 is 5.73 Å². The van der Waals surface area contributed by atoms with Crippen molar-refractivity contribution in [3.05, 3.63) is 35.9 Å². The number of amides is 1. The third-order valence-electron chi connectivity index (χ3n) is 3.41. The van der Waals surface area contributed by atoms with Gasteiger partial charge < -0.3 is 15.4 Å². The first kappa shape index (κ1) is 12.5. The van der Waals surface area contributed by atoms with Crippen LogP contribution in [0.25, 0.3) is 0 Å². The van der Waals surface area contributed by atoms with Crippen LogP contribution in [0.3, 0.4) is 0 Å². The number of hydrogen-bond donors (Lipinski definition) is 1. The van der Waals surface area contributed by atoms with Gasteiger partial charge in [-0.3, -0.25) is 4.79 Å². The number of fused-ring (bicyclic) bond motifs is 1. The molecule has 2 fully saturated rings. The van der Waals surface area contributed by atoms with Crippen LogP contribution in [0, 0.1) is 0 Å².